The van der Waals surface area contributed by atoms with Crippen LogP contribution in [-0.2, 0) is 16.4 Å². The Morgan fingerprint density at radius 2 is 1.65 bits per heavy atom. The molecular weight excluding hydrogens is 406 g/mol. The van der Waals surface area contributed by atoms with Crippen molar-refractivity contribution in [2.24, 2.45) is 11.8 Å². The maximum Gasteiger partial charge on any atom is 0.177 e. The highest BCUT2D eigenvalue weighted by atomic mass is 32.2. The van der Waals surface area contributed by atoms with Crippen LogP contribution in [0.2, 0.25) is 0 Å². The van der Waals surface area contributed by atoms with E-state index in [1.165, 1.54) is 43.2 Å². The zero-order chi connectivity index (χ0) is 21.8. The number of likely N-dealkylation sites (tertiary alicyclic amines) is 1. The molecule has 2 atom stereocenters. The van der Waals surface area contributed by atoms with Gasteiger partial charge >= 0.3 is 0 Å². The molecule has 1 saturated heterocycles. The van der Waals surface area contributed by atoms with Gasteiger partial charge in [0.25, 0.3) is 0 Å². The Labute approximate surface area is 186 Å². The van der Waals surface area contributed by atoms with Crippen molar-refractivity contribution in [2.75, 3.05) is 25.1 Å². The summed E-state index contributed by atoms with van der Waals surface area (Å²) >= 11 is 0. The number of piperidine rings is 1. The predicted molar refractivity (Wildman–Crippen MR) is 125 cm³/mol. The van der Waals surface area contributed by atoms with Crippen molar-refractivity contribution >= 4 is 15.6 Å². The number of rotatable bonds is 9. The van der Waals surface area contributed by atoms with Crippen LogP contribution < -0.4 is 0 Å². The lowest BCUT2D eigenvalue weighted by Crippen LogP contribution is -2.33. The van der Waals surface area contributed by atoms with Crippen LogP contribution in [0.15, 0.2) is 54.6 Å². The first-order valence-electron chi connectivity index (χ1n) is 11.4. The van der Waals surface area contributed by atoms with Crippen molar-refractivity contribution in [3.63, 3.8) is 0 Å². The Kier molecular flexibility index (Phi) is 6.92. The third-order valence-corrected chi connectivity index (χ3v) is 7.67. The minimum absolute atomic E-state index is 0.333. The van der Waals surface area contributed by atoms with Gasteiger partial charge in [0.2, 0.25) is 0 Å². The van der Waals surface area contributed by atoms with Gasteiger partial charge in [0.15, 0.2) is 15.6 Å². The van der Waals surface area contributed by atoms with Crippen molar-refractivity contribution in [1.29, 1.82) is 0 Å². The largest absolute Gasteiger partial charge is 0.299 e. The van der Waals surface area contributed by atoms with Crippen LogP contribution in [0.5, 0.6) is 0 Å². The van der Waals surface area contributed by atoms with Gasteiger partial charge in [0, 0.05) is 18.4 Å². The summed E-state index contributed by atoms with van der Waals surface area (Å²) < 4.78 is 22.6. The van der Waals surface area contributed by atoms with E-state index in [2.05, 4.69) is 35.2 Å². The molecular formula is C26H33NO3S. The molecule has 4 rings (SSSR count). The van der Waals surface area contributed by atoms with Crippen LogP contribution in [-0.4, -0.2) is 44.2 Å². The number of hydrogen-bond acceptors (Lipinski definition) is 4. The number of nitrogens with zero attached hydrogens (tertiary/aromatic N) is 1. The number of Topliss-reactive ketones (excluding diaryl/α,β-unsaturated/α-hetero) is 1. The van der Waals surface area contributed by atoms with Crippen LogP contribution in [0.4, 0.5) is 0 Å². The van der Waals surface area contributed by atoms with E-state index in [1.807, 2.05) is 12.1 Å². The van der Waals surface area contributed by atoms with Gasteiger partial charge in [-0.3, -0.25) is 9.69 Å². The number of benzene rings is 2. The molecule has 2 fully saturated rings. The molecule has 1 aliphatic carbocycles. The normalized spacial score (nSPS) is 22.4. The molecule has 1 heterocycles. The zero-order valence-corrected chi connectivity index (χ0v) is 19.2. The zero-order valence-electron chi connectivity index (χ0n) is 18.4. The molecule has 5 heteroatoms. The summed E-state index contributed by atoms with van der Waals surface area (Å²) in [5.41, 5.74) is 3.17. The highest BCUT2D eigenvalue weighted by molar-refractivity contribution is 7.91. The molecule has 0 unspecified atom stereocenters. The van der Waals surface area contributed by atoms with Gasteiger partial charge in [0.05, 0.1) is 0 Å². The molecule has 0 N–H and O–H groups in total. The van der Waals surface area contributed by atoms with E-state index in [4.69, 9.17) is 0 Å². The van der Waals surface area contributed by atoms with Crippen molar-refractivity contribution in [3.8, 4) is 0 Å². The number of carbonyl (C=O) groups excluding carboxylic acids is 1. The fourth-order valence-corrected chi connectivity index (χ4v) is 5.58. The van der Waals surface area contributed by atoms with Gasteiger partial charge in [-0.2, -0.15) is 0 Å². The number of hydrogen-bond donors (Lipinski definition) is 0. The lowest BCUT2D eigenvalue weighted by Gasteiger charge is -2.32. The molecule has 0 aromatic heterocycles. The molecule has 1 aliphatic heterocycles. The Bertz CT molecular complexity index is 977. The Hall–Kier alpha value is -1.98. The molecule has 2 aromatic carbocycles. The molecule has 2 aromatic rings. The van der Waals surface area contributed by atoms with Gasteiger partial charge in [0.1, 0.15) is 5.75 Å². The van der Waals surface area contributed by atoms with Crippen LogP contribution in [0.1, 0.15) is 59.5 Å². The van der Waals surface area contributed by atoms with E-state index < -0.39 is 15.6 Å². The topological polar surface area (TPSA) is 54.5 Å². The van der Waals surface area contributed by atoms with Crippen molar-refractivity contribution < 1.29 is 13.2 Å². The third kappa shape index (κ3) is 6.50. The van der Waals surface area contributed by atoms with E-state index >= 15 is 0 Å². The smallest absolute Gasteiger partial charge is 0.177 e. The van der Waals surface area contributed by atoms with Crippen LogP contribution in [0.3, 0.4) is 0 Å². The van der Waals surface area contributed by atoms with Gasteiger partial charge in [-0.1, -0.05) is 61.0 Å². The van der Waals surface area contributed by atoms with Crippen molar-refractivity contribution in [1.82, 2.24) is 4.90 Å². The van der Waals surface area contributed by atoms with E-state index in [9.17, 15) is 13.2 Å². The van der Waals surface area contributed by atoms with Gasteiger partial charge in [-0.05, 0) is 67.7 Å². The summed E-state index contributed by atoms with van der Waals surface area (Å²) in [6.07, 6.45) is 7.73. The second-order valence-electron chi connectivity index (χ2n) is 9.50. The summed E-state index contributed by atoms with van der Waals surface area (Å²) in [5.74, 6) is 1.79. The van der Waals surface area contributed by atoms with Crippen LogP contribution in [0, 0.1) is 11.8 Å². The fraction of sp³-hybridized carbons (Fsp3) is 0.500. The van der Waals surface area contributed by atoms with Crippen molar-refractivity contribution in [3.05, 3.63) is 71.3 Å². The molecule has 0 spiro atoms. The summed E-state index contributed by atoms with van der Waals surface area (Å²) in [6, 6.07) is 18.4. The molecule has 1 saturated carbocycles. The standard InChI is InChI=1S/C26H33NO3S/c1-31(29,30)19-26(28)23-10-8-21(9-11-23)18-27-15-13-20(14-16-27)7-12-24-17-25(24)22-5-3-2-4-6-22/h2-6,8-11,20,24-25H,7,12-19H2,1H3/t24-,25+/m0/s1. The van der Waals surface area contributed by atoms with Crippen molar-refractivity contribution in [2.45, 2.75) is 44.6 Å². The maximum absolute atomic E-state index is 12.0. The van der Waals surface area contributed by atoms with Gasteiger partial charge in [-0.25, -0.2) is 8.42 Å². The van der Waals surface area contributed by atoms with Gasteiger partial charge in [-0.15, -0.1) is 0 Å². The molecule has 0 radical (unpaired) electrons. The molecule has 2 aliphatic rings. The summed E-state index contributed by atoms with van der Waals surface area (Å²) in [7, 11) is -3.29. The second kappa shape index (κ2) is 9.66. The fourth-order valence-electron chi connectivity index (χ4n) is 4.93. The number of carbonyl (C=O) groups is 1. The molecule has 0 amide bonds. The lowest BCUT2D eigenvalue weighted by molar-refractivity contribution is 0.102. The van der Waals surface area contributed by atoms with Crippen LogP contribution in [0.25, 0.3) is 0 Å². The van der Waals surface area contributed by atoms with E-state index in [1.54, 1.807) is 12.1 Å². The highest BCUT2D eigenvalue weighted by Crippen LogP contribution is 2.50. The molecule has 166 valence electrons. The summed E-state index contributed by atoms with van der Waals surface area (Å²) in [6.45, 7) is 3.16. The summed E-state index contributed by atoms with van der Waals surface area (Å²) in [5, 5.41) is 0. The first-order chi connectivity index (χ1) is 14.9. The minimum Gasteiger partial charge on any atom is -0.299 e. The van der Waals surface area contributed by atoms with Gasteiger partial charge < -0.3 is 0 Å². The first kappa shape index (κ1) is 22.2. The average Bonchev–Trinajstić information content (AvgIpc) is 3.53. The Balaban J connectivity index is 1.17. The monoisotopic (exact) mass is 439 g/mol. The van der Waals surface area contributed by atoms with E-state index in [0.717, 1.165) is 43.6 Å². The number of ketones is 1. The number of sulfone groups is 1. The SMILES string of the molecule is CS(=O)(=O)CC(=O)c1ccc(CN2CCC(CC[C@H]3C[C@@H]3c3ccccc3)CC2)cc1. The minimum atomic E-state index is -3.29. The lowest BCUT2D eigenvalue weighted by atomic mass is 9.90. The predicted octanol–water partition coefficient (Wildman–Crippen LogP) is 4.71. The second-order valence-corrected chi connectivity index (χ2v) is 11.6. The quantitative estimate of drug-likeness (QED) is 0.531. The van der Waals surface area contributed by atoms with Crippen LogP contribution >= 0.6 is 0 Å². The van der Waals surface area contributed by atoms with E-state index in [-0.39, 0.29) is 5.78 Å². The summed E-state index contributed by atoms with van der Waals surface area (Å²) in [4.78, 5) is 14.5. The van der Waals surface area contributed by atoms with E-state index in [0.29, 0.717) is 5.56 Å². The Morgan fingerprint density at radius 1 is 0.968 bits per heavy atom. The first-order valence-corrected chi connectivity index (χ1v) is 13.5. The molecule has 4 nitrogen and oxygen atoms in total. The molecule has 31 heavy (non-hydrogen) atoms. The Morgan fingerprint density at radius 3 is 2.29 bits per heavy atom. The average molecular weight is 440 g/mol. The third-order valence-electron chi connectivity index (χ3n) is 6.88. The molecule has 0 bridgehead atoms. The maximum atomic E-state index is 12.0. The highest BCUT2D eigenvalue weighted by Gasteiger charge is 2.38.